The number of hydrogen-bond donors (Lipinski definition) is 0. The number of hydrogen-bond acceptors (Lipinski definition) is 5. The van der Waals surface area contributed by atoms with Gasteiger partial charge in [0.25, 0.3) is 0 Å². The molecule has 0 saturated heterocycles. The Kier molecular flexibility index (Phi) is 3.18. The zero-order valence-corrected chi connectivity index (χ0v) is 14.1. The lowest BCUT2D eigenvalue weighted by Crippen LogP contribution is -2.23. The Morgan fingerprint density at radius 1 is 1.15 bits per heavy atom. The Bertz CT molecular complexity index is 1150. The quantitative estimate of drug-likeness (QED) is 0.564. The van der Waals surface area contributed by atoms with Crippen molar-refractivity contribution in [2.24, 2.45) is 0 Å². The Morgan fingerprint density at radius 2 is 2.04 bits per heavy atom. The minimum Gasteiger partial charge on any atom is -0.467 e. The third-order valence-corrected chi connectivity index (χ3v) is 4.52. The number of aromatic nitrogens is 6. The van der Waals surface area contributed by atoms with E-state index in [1.54, 1.807) is 21.6 Å². The first-order valence-electron chi connectivity index (χ1n) is 8.40. The molecule has 3 heterocycles. The third-order valence-electron chi connectivity index (χ3n) is 4.52. The third kappa shape index (κ3) is 2.30. The van der Waals surface area contributed by atoms with Crippen molar-refractivity contribution in [1.82, 2.24) is 29.1 Å². The number of rotatable bonds is 4. The van der Waals surface area contributed by atoms with Crippen LogP contribution in [0.2, 0.25) is 0 Å². The molecule has 0 unspecified atom stereocenters. The van der Waals surface area contributed by atoms with Gasteiger partial charge in [-0.1, -0.05) is 0 Å². The summed E-state index contributed by atoms with van der Waals surface area (Å²) in [6, 6.07) is 9.98. The summed E-state index contributed by atoms with van der Waals surface area (Å²) >= 11 is 0. The predicted molar refractivity (Wildman–Crippen MR) is 95.1 cm³/mol. The highest BCUT2D eigenvalue weighted by Gasteiger charge is 2.30. The Morgan fingerprint density at radius 3 is 2.77 bits per heavy atom. The highest BCUT2D eigenvalue weighted by Crippen LogP contribution is 2.36. The highest BCUT2D eigenvalue weighted by atomic mass is 16.5. The van der Waals surface area contributed by atoms with Gasteiger partial charge in [0.05, 0.1) is 30.2 Å². The number of benzene rings is 1. The molecule has 1 fully saturated rings. The van der Waals surface area contributed by atoms with E-state index in [9.17, 15) is 4.79 Å². The van der Waals surface area contributed by atoms with Gasteiger partial charge in [-0.3, -0.25) is 4.98 Å². The van der Waals surface area contributed by atoms with Crippen LogP contribution >= 0.6 is 0 Å². The van der Waals surface area contributed by atoms with Crippen molar-refractivity contribution in [3.05, 3.63) is 59.4 Å². The van der Waals surface area contributed by atoms with Gasteiger partial charge in [-0.15, -0.1) is 5.10 Å². The molecule has 1 saturated carbocycles. The maximum absolute atomic E-state index is 12.7. The van der Waals surface area contributed by atoms with Crippen molar-refractivity contribution < 1.29 is 4.74 Å². The van der Waals surface area contributed by atoms with Crippen molar-refractivity contribution in [3.63, 3.8) is 0 Å². The zero-order valence-electron chi connectivity index (χ0n) is 14.1. The fourth-order valence-corrected chi connectivity index (χ4v) is 3.08. The SMILES string of the molecule is COc1nn(-c2ccc3nn(-c4cccnc4)cc3c2)c(=O)n1C1CC1. The Labute approximate surface area is 148 Å². The van der Waals surface area contributed by atoms with Gasteiger partial charge in [-0.25, -0.2) is 14.0 Å². The summed E-state index contributed by atoms with van der Waals surface area (Å²) in [4.78, 5) is 16.9. The fourth-order valence-electron chi connectivity index (χ4n) is 3.08. The molecular weight excluding hydrogens is 332 g/mol. The van der Waals surface area contributed by atoms with Gasteiger partial charge in [0.2, 0.25) is 0 Å². The smallest absolute Gasteiger partial charge is 0.353 e. The van der Waals surface area contributed by atoms with Gasteiger partial charge in [-0.05, 0) is 43.2 Å². The second-order valence-electron chi connectivity index (χ2n) is 6.31. The Hall–Kier alpha value is -3.42. The molecule has 0 bridgehead atoms. The van der Waals surface area contributed by atoms with Gasteiger partial charge in [-0.2, -0.15) is 9.78 Å². The molecule has 3 aromatic heterocycles. The maximum atomic E-state index is 12.7. The lowest BCUT2D eigenvalue weighted by molar-refractivity contribution is 0.354. The Balaban J connectivity index is 1.61. The average Bonchev–Trinajstić information content (AvgIpc) is 3.32. The second-order valence-corrected chi connectivity index (χ2v) is 6.31. The van der Waals surface area contributed by atoms with E-state index in [0.717, 1.165) is 29.4 Å². The van der Waals surface area contributed by atoms with Crippen LogP contribution in [0.5, 0.6) is 6.01 Å². The first kappa shape index (κ1) is 14.9. The molecule has 1 aliphatic rings. The molecule has 1 aliphatic carbocycles. The summed E-state index contributed by atoms with van der Waals surface area (Å²) in [5.41, 5.74) is 2.22. The molecule has 1 aromatic carbocycles. The van der Waals surface area contributed by atoms with Gasteiger partial charge in [0.1, 0.15) is 0 Å². The largest absolute Gasteiger partial charge is 0.467 e. The summed E-state index contributed by atoms with van der Waals surface area (Å²) in [7, 11) is 1.53. The highest BCUT2D eigenvalue weighted by molar-refractivity contribution is 5.80. The number of fused-ring (bicyclic) bond motifs is 1. The van der Waals surface area contributed by atoms with Crippen LogP contribution in [-0.2, 0) is 0 Å². The van der Waals surface area contributed by atoms with Crippen LogP contribution in [0.25, 0.3) is 22.3 Å². The van der Waals surface area contributed by atoms with Gasteiger partial charge in [0, 0.05) is 23.8 Å². The lowest BCUT2D eigenvalue weighted by Gasteiger charge is -1.99. The van der Waals surface area contributed by atoms with E-state index < -0.39 is 0 Å². The van der Waals surface area contributed by atoms with Crippen LogP contribution in [0.4, 0.5) is 0 Å². The molecule has 5 rings (SSSR count). The molecule has 0 N–H and O–H groups in total. The molecule has 8 heteroatoms. The van der Waals surface area contributed by atoms with Crippen molar-refractivity contribution >= 4 is 10.9 Å². The predicted octanol–water partition coefficient (Wildman–Crippen LogP) is 2.11. The molecule has 4 aromatic rings. The lowest BCUT2D eigenvalue weighted by atomic mass is 10.2. The topological polar surface area (TPSA) is 79.8 Å². The standard InChI is InChI=1S/C18H16N6O2/c1-26-17-21-24(18(25)23(17)13-4-5-13)14-6-7-16-12(9-14)11-22(20-16)15-3-2-8-19-10-15/h2-3,6-11,13H,4-5H2,1H3. The van der Waals surface area contributed by atoms with E-state index in [1.165, 1.54) is 11.8 Å². The summed E-state index contributed by atoms with van der Waals surface area (Å²) in [5.74, 6) is 0. The molecular formula is C18H16N6O2. The minimum atomic E-state index is -0.177. The second kappa shape index (κ2) is 5.55. The summed E-state index contributed by atoms with van der Waals surface area (Å²) in [6.45, 7) is 0. The van der Waals surface area contributed by atoms with Crippen LogP contribution in [0.3, 0.4) is 0 Å². The summed E-state index contributed by atoms with van der Waals surface area (Å²) < 4.78 is 10.1. The molecule has 8 nitrogen and oxygen atoms in total. The summed E-state index contributed by atoms with van der Waals surface area (Å²) in [6.07, 6.45) is 7.36. The molecule has 0 atom stereocenters. The number of pyridine rings is 1. The van der Waals surface area contributed by atoms with Crippen molar-refractivity contribution in [3.8, 4) is 17.4 Å². The number of methoxy groups -OCH3 is 1. The van der Waals surface area contributed by atoms with Gasteiger partial charge >= 0.3 is 11.7 Å². The molecule has 26 heavy (non-hydrogen) atoms. The van der Waals surface area contributed by atoms with Crippen molar-refractivity contribution in [2.45, 2.75) is 18.9 Å². The first-order valence-corrected chi connectivity index (χ1v) is 8.40. The zero-order chi connectivity index (χ0) is 17.7. The monoisotopic (exact) mass is 348 g/mol. The molecule has 130 valence electrons. The minimum absolute atomic E-state index is 0.177. The van der Waals surface area contributed by atoms with Crippen LogP contribution in [0.1, 0.15) is 18.9 Å². The normalized spacial score (nSPS) is 14.0. The van der Waals surface area contributed by atoms with E-state index in [1.807, 2.05) is 36.5 Å². The van der Waals surface area contributed by atoms with Crippen LogP contribution in [0.15, 0.2) is 53.7 Å². The molecule has 0 spiro atoms. The maximum Gasteiger partial charge on any atom is 0.353 e. The number of nitrogens with zero attached hydrogens (tertiary/aromatic N) is 6. The van der Waals surface area contributed by atoms with Crippen molar-refractivity contribution in [1.29, 1.82) is 0 Å². The number of ether oxygens (including phenoxy) is 1. The van der Waals surface area contributed by atoms with E-state index in [-0.39, 0.29) is 11.7 Å². The van der Waals surface area contributed by atoms with Crippen LogP contribution in [0, 0.1) is 0 Å². The summed E-state index contributed by atoms with van der Waals surface area (Å²) in [5, 5.41) is 9.81. The van der Waals surface area contributed by atoms with E-state index >= 15 is 0 Å². The first-order chi connectivity index (χ1) is 12.7. The molecule has 0 aliphatic heterocycles. The van der Waals surface area contributed by atoms with Gasteiger partial charge < -0.3 is 4.74 Å². The average molecular weight is 348 g/mol. The fraction of sp³-hybridized carbons (Fsp3) is 0.222. The van der Waals surface area contributed by atoms with E-state index in [0.29, 0.717) is 11.7 Å². The molecule has 0 amide bonds. The van der Waals surface area contributed by atoms with Crippen LogP contribution < -0.4 is 10.4 Å². The molecule has 0 radical (unpaired) electrons. The van der Waals surface area contributed by atoms with Crippen molar-refractivity contribution in [2.75, 3.05) is 7.11 Å². The van der Waals surface area contributed by atoms with Crippen LogP contribution in [-0.4, -0.2) is 36.2 Å². The van der Waals surface area contributed by atoms with Gasteiger partial charge in [0.15, 0.2) is 0 Å². The van der Waals surface area contributed by atoms with E-state index in [4.69, 9.17) is 4.74 Å². The van der Waals surface area contributed by atoms with E-state index in [2.05, 4.69) is 15.2 Å².